The average molecular weight is 429 g/mol. The molecule has 1 aliphatic carbocycles. The molecular formula is C24H36N4O3+2. The lowest BCUT2D eigenvalue weighted by Gasteiger charge is -2.37. The van der Waals surface area contributed by atoms with Gasteiger partial charge in [0.05, 0.1) is 18.8 Å². The quantitative estimate of drug-likeness (QED) is 0.530. The summed E-state index contributed by atoms with van der Waals surface area (Å²) in [5.41, 5.74) is 2.70. The fourth-order valence-electron chi connectivity index (χ4n) is 5.35. The molecule has 7 heteroatoms. The summed E-state index contributed by atoms with van der Waals surface area (Å²) in [6.07, 6.45) is 6.85. The van der Waals surface area contributed by atoms with Gasteiger partial charge in [-0.15, -0.1) is 0 Å². The molecule has 1 atom stereocenters. The Morgan fingerprint density at radius 3 is 2.52 bits per heavy atom. The van der Waals surface area contributed by atoms with E-state index >= 15 is 0 Å². The lowest BCUT2D eigenvalue weighted by molar-refractivity contribution is -1.03. The van der Waals surface area contributed by atoms with E-state index < -0.39 is 5.97 Å². The van der Waals surface area contributed by atoms with Gasteiger partial charge in [-0.25, -0.2) is 4.79 Å². The smallest absolute Gasteiger partial charge is 0.356 e. The van der Waals surface area contributed by atoms with Gasteiger partial charge >= 0.3 is 5.97 Å². The van der Waals surface area contributed by atoms with Crippen LogP contribution in [0.2, 0.25) is 0 Å². The number of carbonyl (C=O) groups is 2. The number of ether oxygens (including phenoxy) is 1. The van der Waals surface area contributed by atoms with Crippen LogP contribution in [0.15, 0.2) is 18.2 Å². The summed E-state index contributed by atoms with van der Waals surface area (Å²) in [5, 5.41) is 3.88. The number of nitrogens with one attached hydrogen (secondary N) is 4. The summed E-state index contributed by atoms with van der Waals surface area (Å²) in [6, 6.07) is 6.53. The fraction of sp³-hybridized carbons (Fsp3) is 0.583. The highest BCUT2D eigenvalue weighted by molar-refractivity contribution is 6.11. The first-order valence-corrected chi connectivity index (χ1v) is 11.7. The topological polar surface area (TPSA) is 80.1 Å². The summed E-state index contributed by atoms with van der Waals surface area (Å²) in [5.74, 6) is -0.530. The third kappa shape index (κ3) is 4.62. The first kappa shape index (κ1) is 21.8. The number of anilines is 1. The number of esters is 1. The second-order valence-electron chi connectivity index (χ2n) is 9.28. The zero-order valence-electron chi connectivity index (χ0n) is 19.0. The molecule has 1 aliphatic heterocycles. The van der Waals surface area contributed by atoms with E-state index in [0.29, 0.717) is 11.4 Å². The number of amides is 1. The molecule has 31 heavy (non-hydrogen) atoms. The molecule has 1 aromatic heterocycles. The summed E-state index contributed by atoms with van der Waals surface area (Å²) in [7, 11) is 1.35. The predicted molar refractivity (Wildman–Crippen MR) is 121 cm³/mol. The zero-order chi connectivity index (χ0) is 22.0. The molecule has 4 N–H and O–H groups in total. The van der Waals surface area contributed by atoms with E-state index in [1.165, 1.54) is 44.1 Å². The SMILES string of the molecule is COC(=O)c1[nH]c2ccc(C)cc2c1NC(=O)[C@@H](C)[NH+]1CC[NH+](C2CCCCC2)CC1. The minimum Gasteiger partial charge on any atom is -0.464 e. The van der Waals surface area contributed by atoms with Crippen LogP contribution in [-0.4, -0.2) is 62.2 Å². The van der Waals surface area contributed by atoms with Gasteiger partial charge < -0.3 is 24.8 Å². The molecule has 2 fully saturated rings. The maximum absolute atomic E-state index is 13.2. The van der Waals surface area contributed by atoms with Crippen LogP contribution < -0.4 is 15.1 Å². The number of aromatic amines is 1. The third-order valence-electron chi connectivity index (χ3n) is 7.31. The first-order chi connectivity index (χ1) is 15.0. The first-order valence-electron chi connectivity index (χ1n) is 11.7. The van der Waals surface area contributed by atoms with Crippen LogP contribution in [0.3, 0.4) is 0 Å². The molecule has 7 nitrogen and oxygen atoms in total. The largest absolute Gasteiger partial charge is 0.464 e. The number of fused-ring (bicyclic) bond motifs is 1. The molecule has 0 radical (unpaired) electrons. The van der Waals surface area contributed by atoms with E-state index in [1.54, 1.807) is 4.90 Å². The number of benzene rings is 1. The highest BCUT2D eigenvalue weighted by atomic mass is 16.5. The van der Waals surface area contributed by atoms with Gasteiger partial charge in [0, 0.05) is 10.9 Å². The van der Waals surface area contributed by atoms with Crippen molar-refractivity contribution in [3.63, 3.8) is 0 Å². The van der Waals surface area contributed by atoms with Crippen molar-refractivity contribution in [1.29, 1.82) is 0 Å². The van der Waals surface area contributed by atoms with Crippen molar-refractivity contribution in [3.8, 4) is 0 Å². The molecule has 168 valence electrons. The number of aryl methyl sites for hydroxylation is 1. The van der Waals surface area contributed by atoms with Gasteiger partial charge in [-0.1, -0.05) is 18.1 Å². The monoisotopic (exact) mass is 428 g/mol. The maximum atomic E-state index is 13.2. The zero-order valence-corrected chi connectivity index (χ0v) is 19.0. The Hall–Kier alpha value is -2.38. The highest BCUT2D eigenvalue weighted by Crippen LogP contribution is 2.29. The van der Waals surface area contributed by atoms with Crippen LogP contribution in [0.25, 0.3) is 10.9 Å². The molecule has 2 heterocycles. The molecule has 1 saturated carbocycles. The van der Waals surface area contributed by atoms with E-state index in [-0.39, 0.29) is 11.9 Å². The number of rotatable bonds is 5. The lowest BCUT2D eigenvalue weighted by Crippen LogP contribution is -3.31. The van der Waals surface area contributed by atoms with Crippen molar-refractivity contribution in [3.05, 3.63) is 29.5 Å². The summed E-state index contributed by atoms with van der Waals surface area (Å²) in [6.45, 7) is 8.29. The van der Waals surface area contributed by atoms with Crippen LogP contribution in [0.4, 0.5) is 5.69 Å². The Labute approximate surface area is 184 Å². The normalized spacial score (nSPS) is 23.5. The van der Waals surface area contributed by atoms with Crippen molar-refractivity contribution in [1.82, 2.24) is 4.98 Å². The maximum Gasteiger partial charge on any atom is 0.356 e. The number of carbonyl (C=O) groups excluding carboxylic acids is 2. The van der Waals surface area contributed by atoms with Crippen LogP contribution in [0.1, 0.15) is 55.1 Å². The van der Waals surface area contributed by atoms with E-state index in [0.717, 1.165) is 48.7 Å². The van der Waals surface area contributed by atoms with Gasteiger partial charge in [-0.2, -0.15) is 0 Å². The Kier molecular flexibility index (Phi) is 6.62. The number of methoxy groups -OCH3 is 1. The minimum absolute atomic E-state index is 0.0522. The van der Waals surface area contributed by atoms with E-state index in [1.807, 2.05) is 32.0 Å². The Morgan fingerprint density at radius 1 is 1.13 bits per heavy atom. The van der Waals surface area contributed by atoms with E-state index in [4.69, 9.17) is 4.74 Å². The number of aromatic nitrogens is 1. The number of H-pyrrole nitrogens is 1. The van der Waals surface area contributed by atoms with Gasteiger partial charge in [0.1, 0.15) is 31.9 Å². The van der Waals surface area contributed by atoms with Crippen molar-refractivity contribution in [2.75, 3.05) is 38.6 Å². The third-order valence-corrected chi connectivity index (χ3v) is 7.31. The number of hydrogen-bond acceptors (Lipinski definition) is 3. The van der Waals surface area contributed by atoms with Crippen molar-refractivity contribution >= 4 is 28.5 Å². The second-order valence-corrected chi connectivity index (χ2v) is 9.28. The number of piperazine rings is 1. The molecule has 2 aliphatic rings. The molecule has 0 unspecified atom stereocenters. The van der Waals surface area contributed by atoms with Crippen LogP contribution in [0, 0.1) is 6.92 Å². The molecule has 1 aromatic carbocycles. The molecule has 1 saturated heterocycles. The molecule has 0 spiro atoms. The lowest BCUT2D eigenvalue weighted by atomic mass is 9.94. The number of quaternary nitrogens is 2. The van der Waals surface area contributed by atoms with Crippen molar-refractivity contribution in [2.45, 2.75) is 58.0 Å². The van der Waals surface area contributed by atoms with E-state index in [9.17, 15) is 9.59 Å². The molecule has 4 rings (SSSR count). The minimum atomic E-state index is -0.478. The van der Waals surface area contributed by atoms with Crippen molar-refractivity contribution < 1.29 is 24.1 Å². The Morgan fingerprint density at radius 2 is 1.84 bits per heavy atom. The molecule has 2 aromatic rings. The van der Waals surface area contributed by atoms with Gasteiger partial charge in [0.15, 0.2) is 6.04 Å². The average Bonchev–Trinajstić information content (AvgIpc) is 3.16. The summed E-state index contributed by atoms with van der Waals surface area (Å²) < 4.78 is 4.94. The standard InChI is InChI=1S/C24H34N4O3/c1-16-9-10-20-19(15-16)21(22(25-20)24(30)31-3)26-23(29)17(2)27-11-13-28(14-12-27)18-7-5-4-6-8-18/h9-10,15,17-18,25H,4-8,11-14H2,1-3H3,(H,26,29)/p+2/t17-/m1/s1. The Bertz CT molecular complexity index is 940. The molecule has 0 bridgehead atoms. The Balaban J connectivity index is 1.45. The van der Waals surface area contributed by atoms with Gasteiger partial charge in [0.2, 0.25) is 0 Å². The summed E-state index contributed by atoms with van der Waals surface area (Å²) >= 11 is 0. The highest BCUT2D eigenvalue weighted by Gasteiger charge is 2.35. The van der Waals surface area contributed by atoms with Gasteiger partial charge in [-0.3, -0.25) is 4.79 Å². The van der Waals surface area contributed by atoms with Gasteiger partial charge in [-0.05, 0) is 51.7 Å². The van der Waals surface area contributed by atoms with Gasteiger partial charge in [0.25, 0.3) is 5.91 Å². The van der Waals surface area contributed by atoms with Crippen LogP contribution >= 0.6 is 0 Å². The van der Waals surface area contributed by atoms with Crippen LogP contribution in [-0.2, 0) is 9.53 Å². The molecular weight excluding hydrogens is 392 g/mol. The van der Waals surface area contributed by atoms with E-state index in [2.05, 4.69) is 10.3 Å². The van der Waals surface area contributed by atoms with Crippen LogP contribution in [0.5, 0.6) is 0 Å². The predicted octanol–water partition coefficient (Wildman–Crippen LogP) is 0.706. The summed E-state index contributed by atoms with van der Waals surface area (Å²) in [4.78, 5) is 31.7. The second kappa shape index (κ2) is 9.40. The fourth-order valence-corrected chi connectivity index (χ4v) is 5.35. The number of hydrogen-bond donors (Lipinski definition) is 4. The molecule has 1 amide bonds. The van der Waals surface area contributed by atoms with Crippen molar-refractivity contribution in [2.24, 2.45) is 0 Å².